The largest absolute Gasteiger partial charge is 0.486 e. The molecular formula is C20H20N2O4. The molecule has 3 rings (SSSR count). The van der Waals surface area contributed by atoms with Gasteiger partial charge in [0.1, 0.15) is 12.7 Å². The molecule has 6 nitrogen and oxygen atoms in total. The molecule has 6 heteroatoms. The van der Waals surface area contributed by atoms with Crippen LogP contribution in [0, 0.1) is 0 Å². The van der Waals surface area contributed by atoms with Crippen LogP contribution in [0.1, 0.15) is 12.5 Å². The second kappa shape index (κ2) is 8.20. The first-order valence-electron chi connectivity index (χ1n) is 8.32. The van der Waals surface area contributed by atoms with E-state index in [-0.39, 0.29) is 17.9 Å². The van der Waals surface area contributed by atoms with E-state index in [4.69, 9.17) is 9.47 Å². The number of hydrogen-bond donors (Lipinski definition) is 2. The predicted octanol–water partition coefficient (Wildman–Crippen LogP) is 2.61. The van der Waals surface area contributed by atoms with Crippen molar-refractivity contribution in [3.05, 3.63) is 60.2 Å². The first-order chi connectivity index (χ1) is 12.6. The Hall–Kier alpha value is -3.28. The minimum atomic E-state index is -0.223. The summed E-state index contributed by atoms with van der Waals surface area (Å²) in [5.74, 6) is 1.08. The van der Waals surface area contributed by atoms with E-state index in [2.05, 4.69) is 10.6 Å². The summed E-state index contributed by atoms with van der Waals surface area (Å²) in [6.07, 6.45) is 2.95. The molecule has 0 spiro atoms. The lowest BCUT2D eigenvalue weighted by Gasteiger charge is -2.26. The average Bonchev–Trinajstić information content (AvgIpc) is 2.65. The van der Waals surface area contributed by atoms with E-state index in [1.807, 2.05) is 36.4 Å². The molecule has 0 aliphatic carbocycles. The molecule has 0 bridgehead atoms. The maximum Gasteiger partial charge on any atom is 0.244 e. The van der Waals surface area contributed by atoms with Crippen LogP contribution < -0.4 is 20.1 Å². The van der Waals surface area contributed by atoms with Crippen LogP contribution in [0.2, 0.25) is 0 Å². The lowest BCUT2D eigenvalue weighted by Crippen LogP contribution is -2.40. The summed E-state index contributed by atoms with van der Waals surface area (Å²) >= 11 is 0. The van der Waals surface area contributed by atoms with E-state index in [1.54, 1.807) is 18.2 Å². The van der Waals surface area contributed by atoms with Gasteiger partial charge in [-0.15, -0.1) is 0 Å². The molecule has 134 valence electrons. The van der Waals surface area contributed by atoms with Crippen LogP contribution in [0.5, 0.6) is 11.5 Å². The second-order valence-corrected chi connectivity index (χ2v) is 5.88. The van der Waals surface area contributed by atoms with Crippen LogP contribution in [0.15, 0.2) is 54.6 Å². The van der Waals surface area contributed by atoms with Crippen molar-refractivity contribution in [3.63, 3.8) is 0 Å². The Morgan fingerprint density at radius 1 is 1.12 bits per heavy atom. The molecular weight excluding hydrogens is 332 g/mol. The monoisotopic (exact) mass is 352 g/mol. The van der Waals surface area contributed by atoms with Gasteiger partial charge in [0.15, 0.2) is 11.5 Å². The van der Waals surface area contributed by atoms with Crippen molar-refractivity contribution in [1.82, 2.24) is 5.32 Å². The van der Waals surface area contributed by atoms with E-state index in [1.165, 1.54) is 13.0 Å². The van der Waals surface area contributed by atoms with Gasteiger partial charge >= 0.3 is 0 Å². The van der Waals surface area contributed by atoms with Gasteiger partial charge < -0.3 is 20.1 Å². The Labute approximate surface area is 151 Å². The summed E-state index contributed by atoms with van der Waals surface area (Å²) in [4.78, 5) is 23.0. The van der Waals surface area contributed by atoms with Gasteiger partial charge in [0.2, 0.25) is 11.8 Å². The third-order valence-electron chi connectivity index (χ3n) is 3.73. The topological polar surface area (TPSA) is 76.7 Å². The highest BCUT2D eigenvalue weighted by Gasteiger charge is 2.20. The summed E-state index contributed by atoms with van der Waals surface area (Å²) in [5.41, 5.74) is 1.58. The number of hydrogen-bond acceptors (Lipinski definition) is 4. The standard InChI is InChI=1S/C20H20N2O4/c1-14(23)22-16-9-6-15(7-10-16)8-11-20(24)21-12-17-13-25-18-4-2-3-5-19(18)26-17/h2-11,17H,12-13H2,1H3,(H,21,24)(H,22,23)/b11-8+. The minimum absolute atomic E-state index is 0.121. The fraction of sp³-hybridized carbons (Fsp3) is 0.200. The maximum atomic E-state index is 12.0. The molecule has 2 aromatic carbocycles. The molecule has 1 heterocycles. The molecule has 26 heavy (non-hydrogen) atoms. The molecule has 1 aliphatic rings. The summed E-state index contributed by atoms with van der Waals surface area (Å²) in [6.45, 7) is 2.21. The van der Waals surface area contributed by atoms with Crippen molar-refractivity contribution in [2.24, 2.45) is 0 Å². The van der Waals surface area contributed by atoms with Gasteiger partial charge in [0.05, 0.1) is 6.54 Å². The Morgan fingerprint density at radius 3 is 2.58 bits per heavy atom. The Balaban J connectivity index is 1.47. The number of benzene rings is 2. The third-order valence-corrected chi connectivity index (χ3v) is 3.73. The van der Waals surface area contributed by atoms with Gasteiger partial charge in [-0.05, 0) is 35.9 Å². The van der Waals surface area contributed by atoms with Crippen molar-refractivity contribution < 1.29 is 19.1 Å². The number of ether oxygens (including phenoxy) is 2. The maximum absolute atomic E-state index is 12.0. The normalized spacial score (nSPS) is 15.5. The lowest BCUT2D eigenvalue weighted by atomic mass is 10.2. The Bertz CT molecular complexity index is 815. The number of carbonyl (C=O) groups is 2. The molecule has 1 unspecified atom stereocenters. The first kappa shape index (κ1) is 17.5. The van der Waals surface area contributed by atoms with Crippen molar-refractivity contribution in [1.29, 1.82) is 0 Å². The van der Waals surface area contributed by atoms with E-state index in [0.717, 1.165) is 11.3 Å². The lowest BCUT2D eigenvalue weighted by molar-refractivity contribution is -0.117. The number of nitrogens with one attached hydrogen (secondary N) is 2. The van der Waals surface area contributed by atoms with Gasteiger partial charge in [-0.1, -0.05) is 24.3 Å². The van der Waals surface area contributed by atoms with Crippen LogP contribution >= 0.6 is 0 Å². The number of fused-ring (bicyclic) bond motifs is 1. The van der Waals surface area contributed by atoms with Crippen molar-refractivity contribution in [2.75, 3.05) is 18.5 Å². The molecule has 0 radical (unpaired) electrons. The van der Waals surface area contributed by atoms with Crippen molar-refractivity contribution in [3.8, 4) is 11.5 Å². The van der Waals surface area contributed by atoms with Gasteiger partial charge in [-0.3, -0.25) is 9.59 Å². The summed E-state index contributed by atoms with van der Waals surface area (Å²) in [5, 5.41) is 5.50. The SMILES string of the molecule is CC(=O)Nc1ccc(/C=C/C(=O)NCC2COc3ccccc3O2)cc1. The Kier molecular flexibility index (Phi) is 5.53. The molecule has 0 saturated carbocycles. The van der Waals surface area contributed by atoms with Gasteiger partial charge in [-0.2, -0.15) is 0 Å². The highest BCUT2D eigenvalue weighted by molar-refractivity contribution is 5.92. The van der Waals surface area contributed by atoms with Crippen LogP contribution in [-0.4, -0.2) is 31.1 Å². The zero-order valence-electron chi connectivity index (χ0n) is 14.4. The summed E-state index contributed by atoms with van der Waals surface area (Å²) in [7, 11) is 0. The average molecular weight is 352 g/mol. The minimum Gasteiger partial charge on any atom is -0.486 e. The molecule has 0 aromatic heterocycles. The second-order valence-electron chi connectivity index (χ2n) is 5.88. The van der Waals surface area contributed by atoms with Crippen LogP contribution in [0.3, 0.4) is 0 Å². The van der Waals surface area contributed by atoms with Crippen LogP contribution in [0.25, 0.3) is 6.08 Å². The van der Waals surface area contributed by atoms with Crippen molar-refractivity contribution >= 4 is 23.6 Å². The molecule has 2 N–H and O–H groups in total. The molecule has 0 saturated heterocycles. The van der Waals surface area contributed by atoms with Crippen LogP contribution in [-0.2, 0) is 9.59 Å². The number of rotatable bonds is 5. The van der Waals surface area contributed by atoms with E-state index >= 15 is 0 Å². The third kappa shape index (κ3) is 4.86. The molecule has 2 amide bonds. The van der Waals surface area contributed by atoms with E-state index in [0.29, 0.717) is 24.6 Å². The first-order valence-corrected chi connectivity index (χ1v) is 8.32. The quantitative estimate of drug-likeness (QED) is 0.811. The number of anilines is 1. The highest BCUT2D eigenvalue weighted by Crippen LogP contribution is 2.30. The zero-order valence-corrected chi connectivity index (χ0v) is 14.4. The predicted molar refractivity (Wildman–Crippen MR) is 99.1 cm³/mol. The zero-order chi connectivity index (χ0) is 18.4. The van der Waals surface area contributed by atoms with Gasteiger partial charge in [0, 0.05) is 18.7 Å². The number of amides is 2. The van der Waals surface area contributed by atoms with Gasteiger partial charge in [-0.25, -0.2) is 0 Å². The smallest absolute Gasteiger partial charge is 0.244 e. The Morgan fingerprint density at radius 2 is 1.85 bits per heavy atom. The molecule has 0 fully saturated rings. The fourth-order valence-corrected chi connectivity index (χ4v) is 2.49. The van der Waals surface area contributed by atoms with Gasteiger partial charge in [0.25, 0.3) is 0 Å². The molecule has 1 aliphatic heterocycles. The molecule has 1 atom stereocenters. The summed E-state index contributed by atoms with van der Waals surface area (Å²) < 4.78 is 11.4. The van der Waals surface area contributed by atoms with Crippen molar-refractivity contribution in [2.45, 2.75) is 13.0 Å². The summed E-state index contributed by atoms with van der Waals surface area (Å²) in [6, 6.07) is 14.7. The fourth-order valence-electron chi connectivity index (χ4n) is 2.49. The number of carbonyl (C=O) groups excluding carboxylic acids is 2. The van der Waals surface area contributed by atoms with Crippen LogP contribution in [0.4, 0.5) is 5.69 Å². The van der Waals surface area contributed by atoms with E-state index < -0.39 is 0 Å². The molecule has 2 aromatic rings. The van der Waals surface area contributed by atoms with E-state index in [9.17, 15) is 9.59 Å². The highest BCUT2D eigenvalue weighted by atomic mass is 16.6. The number of para-hydroxylation sites is 2.